The van der Waals surface area contributed by atoms with E-state index in [0.29, 0.717) is 6.54 Å². The predicted molar refractivity (Wildman–Crippen MR) is 114 cm³/mol. The molecule has 1 atom stereocenters. The Labute approximate surface area is 181 Å². The number of methoxy groups -OCH3 is 2. The van der Waals surface area contributed by atoms with Crippen LogP contribution in [-0.4, -0.2) is 77.5 Å². The van der Waals surface area contributed by atoms with Crippen LogP contribution in [0.3, 0.4) is 0 Å². The molecule has 3 aromatic rings. The Morgan fingerprint density at radius 2 is 1.74 bits per heavy atom. The molecule has 8 nitrogen and oxygen atoms in total. The highest BCUT2D eigenvalue weighted by Gasteiger charge is 2.32. The standard InChI is InChI=1S/C22H27FN6O2/c1-27-10-12-28(13-11-27)21(19-9-8-18(30-2)14-20(19)31-3)22-24-25-26-29(22)15-16-4-6-17(23)7-5-16/h4-9,14,21H,10-13,15H2,1-3H3/t21-/m0/s1. The molecule has 4 rings (SSSR count). The first-order chi connectivity index (χ1) is 15.1. The van der Waals surface area contributed by atoms with Crippen LogP contribution in [0.5, 0.6) is 11.5 Å². The number of likely N-dealkylation sites (N-methyl/N-ethyl adjacent to an activating group) is 1. The summed E-state index contributed by atoms with van der Waals surface area (Å²) in [6.45, 7) is 4.10. The third-order valence-corrected chi connectivity index (χ3v) is 5.69. The normalized spacial score (nSPS) is 16.3. The van der Waals surface area contributed by atoms with Crippen LogP contribution in [0.1, 0.15) is 23.0 Å². The number of piperazine rings is 1. The minimum Gasteiger partial charge on any atom is -0.497 e. The van der Waals surface area contributed by atoms with Gasteiger partial charge in [0.2, 0.25) is 0 Å². The first kappa shape index (κ1) is 21.2. The van der Waals surface area contributed by atoms with Crippen LogP contribution in [0.15, 0.2) is 42.5 Å². The Morgan fingerprint density at radius 3 is 2.42 bits per heavy atom. The van der Waals surface area contributed by atoms with Crippen LogP contribution >= 0.6 is 0 Å². The van der Waals surface area contributed by atoms with Crippen LogP contribution in [0.4, 0.5) is 4.39 Å². The largest absolute Gasteiger partial charge is 0.497 e. The zero-order chi connectivity index (χ0) is 21.8. The van der Waals surface area contributed by atoms with Gasteiger partial charge in [-0.25, -0.2) is 9.07 Å². The van der Waals surface area contributed by atoms with Crippen molar-refractivity contribution in [3.05, 3.63) is 65.2 Å². The fourth-order valence-electron chi connectivity index (χ4n) is 3.91. The monoisotopic (exact) mass is 426 g/mol. The van der Waals surface area contributed by atoms with E-state index < -0.39 is 0 Å². The molecule has 0 N–H and O–H groups in total. The molecule has 0 bridgehead atoms. The Kier molecular flexibility index (Phi) is 6.43. The molecule has 0 saturated carbocycles. The van der Waals surface area contributed by atoms with Gasteiger partial charge in [0, 0.05) is 37.8 Å². The lowest BCUT2D eigenvalue weighted by atomic mass is 10.0. The Bertz CT molecular complexity index is 1000. The summed E-state index contributed by atoms with van der Waals surface area (Å²) >= 11 is 0. The average Bonchev–Trinajstić information content (AvgIpc) is 3.24. The second-order valence-corrected chi connectivity index (χ2v) is 7.67. The first-order valence-electron chi connectivity index (χ1n) is 10.2. The van der Waals surface area contributed by atoms with Crippen LogP contribution in [0.25, 0.3) is 0 Å². The third-order valence-electron chi connectivity index (χ3n) is 5.69. The van der Waals surface area contributed by atoms with Gasteiger partial charge < -0.3 is 14.4 Å². The lowest BCUT2D eigenvalue weighted by Gasteiger charge is -2.37. The zero-order valence-corrected chi connectivity index (χ0v) is 18.0. The van der Waals surface area contributed by atoms with Crippen molar-refractivity contribution >= 4 is 0 Å². The van der Waals surface area contributed by atoms with Gasteiger partial charge in [-0.05, 0) is 47.3 Å². The van der Waals surface area contributed by atoms with Gasteiger partial charge in [-0.1, -0.05) is 12.1 Å². The van der Waals surface area contributed by atoms with Gasteiger partial charge in [0.05, 0.1) is 20.8 Å². The third kappa shape index (κ3) is 4.67. The van der Waals surface area contributed by atoms with Gasteiger partial charge in [-0.3, -0.25) is 4.90 Å². The molecule has 31 heavy (non-hydrogen) atoms. The minimum atomic E-state index is -0.265. The first-order valence-corrected chi connectivity index (χ1v) is 10.2. The van der Waals surface area contributed by atoms with Crippen molar-refractivity contribution in [1.29, 1.82) is 0 Å². The maximum atomic E-state index is 13.3. The van der Waals surface area contributed by atoms with Crippen molar-refractivity contribution < 1.29 is 13.9 Å². The lowest BCUT2D eigenvalue weighted by molar-refractivity contribution is 0.120. The highest BCUT2D eigenvalue weighted by Crippen LogP contribution is 2.36. The van der Waals surface area contributed by atoms with Gasteiger partial charge in [-0.15, -0.1) is 5.10 Å². The molecule has 1 saturated heterocycles. The number of hydrogen-bond acceptors (Lipinski definition) is 7. The molecule has 2 aromatic carbocycles. The Morgan fingerprint density at radius 1 is 1.00 bits per heavy atom. The fraction of sp³-hybridized carbons (Fsp3) is 0.409. The summed E-state index contributed by atoms with van der Waals surface area (Å²) in [6.07, 6.45) is 0. The van der Waals surface area contributed by atoms with Crippen LogP contribution in [0, 0.1) is 5.82 Å². The molecule has 1 aliphatic heterocycles. The summed E-state index contributed by atoms with van der Waals surface area (Å²) in [5.74, 6) is 1.90. The van der Waals surface area contributed by atoms with Gasteiger partial charge in [0.25, 0.3) is 0 Å². The molecule has 1 fully saturated rings. The SMILES string of the molecule is COc1ccc([C@@H](c2nnnn2Cc2ccc(F)cc2)N2CCN(C)CC2)c(OC)c1. The van der Waals surface area contributed by atoms with Crippen molar-refractivity contribution in [2.24, 2.45) is 0 Å². The topological polar surface area (TPSA) is 68.5 Å². The van der Waals surface area contributed by atoms with Crippen molar-refractivity contribution in [2.45, 2.75) is 12.6 Å². The second kappa shape index (κ2) is 9.40. The number of rotatable bonds is 7. The van der Waals surface area contributed by atoms with Gasteiger partial charge in [-0.2, -0.15) is 0 Å². The van der Waals surface area contributed by atoms with E-state index in [4.69, 9.17) is 9.47 Å². The molecule has 0 unspecified atom stereocenters. The number of halogens is 1. The van der Waals surface area contributed by atoms with E-state index in [9.17, 15) is 4.39 Å². The lowest BCUT2D eigenvalue weighted by Crippen LogP contribution is -2.46. The minimum absolute atomic E-state index is 0.190. The fourth-order valence-corrected chi connectivity index (χ4v) is 3.91. The number of nitrogens with zero attached hydrogens (tertiary/aromatic N) is 6. The summed E-state index contributed by atoms with van der Waals surface area (Å²) < 4.78 is 26.2. The molecule has 0 radical (unpaired) electrons. The molecule has 9 heteroatoms. The molecule has 2 heterocycles. The number of tetrazole rings is 1. The van der Waals surface area contributed by atoms with Crippen molar-refractivity contribution in [3.8, 4) is 11.5 Å². The molecule has 164 valence electrons. The summed E-state index contributed by atoms with van der Waals surface area (Å²) in [5.41, 5.74) is 1.90. The number of hydrogen-bond donors (Lipinski definition) is 0. The van der Waals surface area contributed by atoms with E-state index in [1.165, 1.54) is 12.1 Å². The second-order valence-electron chi connectivity index (χ2n) is 7.67. The maximum absolute atomic E-state index is 13.3. The summed E-state index contributed by atoms with van der Waals surface area (Å²) in [4.78, 5) is 4.68. The van der Waals surface area contributed by atoms with E-state index >= 15 is 0 Å². The molecule has 1 aliphatic rings. The summed E-state index contributed by atoms with van der Waals surface area (Å²) in [5, 5.41) is 12.6. The van der Waals surface area contributed by atoms with E-state index in [1.807, 2.05) is 18.2 Å². The summed E-state index contributed by atoms with van der Waals surface area (Å²) in [7, 11) is 5.41. The van der Waals surface area contributed by atoms with Crippen LogP contribution in [0.2, 0.25) is 0 Å². The molecule has 0 spiro atoms. The highest BCUT2D eigenvalue weighted by atomic mass is 19.1. The van der Waals surface area contributed by atoms with Gasteiger partial charge in [0.1, 0.15) is 23.4 Å². The van der Waals surface area contributed by atoms with E-state index in [0.717, 1.165) is 54.6 Å². The average molecular weight is 426 g/mol. The molecular weight excluding hydrogens is 399 g/mol. The zero-order valence-electron chi connectivity index (χ0n) is 18.0. The van der Waals surface area contributed by atoms with Crippen molar-refractivity contribution in [2.75, 3.05) is 47.4 Å². The van der Waals surface area contributed by atoms with Gasteiger partial charge >= 0.3 is 0 Å². The van der Waals surface area contributed by atoms with E-state index in [2.05, 4.69) is 32.4 Å². The van der Waals surface area contributed by atoms with Crippen LogP contribution < -0.4 is 9.47 Å². The molecule has 0 amide bonds. The van der Waals surface area contributed by atoms with Gasteiger partial charge in [0.15, 0.2) is 5.82 Å². The predicted octanol–water partition coefficient (Wildman–Crippen LogP) is 2.21. The maximum Gasteiger partial charge on any atom is 0.173 e. The quantitative estimate of drug-likeness (QED) is 0.574. The van der Waals surface area contributed by atoms with Crippen molar-refractivity contribution in [3.63, 3.8) is 0 Å². The van der Waals surface area contributed by atoms with Crippen LogP contribution in [-0.2, 0) is 6.54 Å². The molecule has 1 aromatic heterocycles. The Hall–Kier alpha value is -3.04. The molecule has 0 aliphatic carbocycles. The Balaban J connectivity index is 1.74. The molecular formula is C22H27FN6O2. The number of benzene rings is 2. The highest BCUT2D eigenvalue weighted by molar-refractivity contribution is 5.44. The van der Waals surface area contributed by atoms with E-state index in [1.54, 1.807) is 31.0 Å². The number of aromatic nitrogens is 4. The number of ether oxygens (including phenoxy) is 2. The summed E-state index contributed by atoms with van der Waals surface area (Å²) in [6, 6.07) is 12.0. The van der Waals surface area contributed by atoms with E-state index in [-0.39, 0.29) is 11.9 Å². The smallest absolute Gasteiger partial charge is 0.173 e. The van der Waals surface area contributed by atoms with Crippen molar-refractivity contribution in [1.82, 2.24) is 30.0 Å².